The molecule has 2 saturated carbocycles. The van der Waals surface area contributed by atoms with E-state index in [1.165, 1.54) is 24.8 Å². The van der Waals surface area contributed by atoms with Crippen molar-refractivity contribution in [1.82, 2.24) is 5.32 Å². The van der Waals surface area contributed by atoms with Crippen LogP contribution in [0.4, 0.5) is 0 Å². The molecule has 6 aliphatic rings. The van der Waals surface area contributed by atoms with Crippen molar-refractivity contribution in [2.75, 3.05) is 0 Å². The van der Waals surface area contributed by atoms with Crippen LogP contribution in [0, 0.1) is 41.4 Å². The number of nitrogens with one attached hydrogen (secondary N) is 1. The van der Waals surface area contributed by atoms with E-state index in [4.69, 9.17) is 9.73 Å². The molecule has 0 saturated heterocycles. The Hall–Kier alpha value is -1.65. The first kappa shape index (κ1) is 21.9. The van der Waals surface area contributed by atoms with Crippen molar-refractivity contribution in [2.24, 2.45) is 46.4 Å². The molecule has 2 N–H and O–H groups in total. The number of amidine groups is 1. The fraction of sp³-hybridized carbons (Fsp3) is 0.690. The molecule has 4 heteroatoms. The van der Waals surface area contributed by atoms with Gasteiger partial charge in [-0.15, -0.1) is 0 Å². The van der Waals surface area contributed by atoms with Gasteiger partial charge in [0, 0.05) is 5.92 Å². The number of ether oxygens (including phenoxy) is 1. The molecule has 5 aliphatic carbocycles. The maximum absolute atomic E-state index is 10.8. The van der Waals surface area contributed by atoms with Crippen molar-refractivity contribution >= 4 is 5.84 Å². The summed E-state index contributed by atoms with van der Waals surface area (Å²) in [5.41, 5.74) is 2.58. The minimum atomic E-state index is -0.303. The second-order valence-electron chi connectivity index (χ2n) is 11.5. The molecule has 0 aromatic rings. The van der Waals surface area contributed by atoms with E-state index in [-0.39, 0.29) is 24.4 Å². The summed E-state index contributed by atoms with van der Waals surface area (Å²) in [6.45, 7) is 4.18. The SMILES string of the molecule is CC(C)OC1C=C(C2=CCC3C=CC4C=CCC5CCC2C3C45)N=C(C2CCCCC2O)N1. The molecule has 2 fully saturated rings. The first-order valence-corrected chi connectivity index (χ1v) is 13.5. The number of nitrogens with zero attached hydrogens (tertiary/aromatic N) is 1. The second-order valence-corrected chi connectivity index (χ2v) is 11.5. The molecule has 1 heterocycles. The number of aliphatic imine (C=N–C) groups is 1. The molecule has 0 spiro atoms. The average molecular weight is 449 g/mol. The van der Waals surface area contributed by atoms with E-state index in [0.717, 1.165) is 61.4 Å². The molecule has 33 heavy (non-hydrogen) atoms. The van der Waals surface area contributed by atoms with Gasteiger partial charge in [0.2, 0.25) is 0 Å². The molecule has 0 aromatic carbocycles. The number of hydrogen-bond donors (Lipinski definition) is 2. The highest BCUT2D eigenvalue weighted by atomic mass is 16.5. The van der Waals surface area contributed by atoms with E-state index >= 15 is 0 Å². The monoisotopic (exact) mass is 448 g/mol. The molecular weight excluding hydrogens is 408 g/mol. The van der Waals surface area contributed by atoms with Crippen LogP contribution < -0.4 is 5.32 Å². The third-order valence-corrected chi connectivity index (χ3v) is 9.26. The summed E-state index contributed by atoms with van der Waals surface area (Å²) >= 11 is 0. The van der Waals surface area contributed by atoms with Crippen LogP contribution in [0.1, 0.15) is 65.2 Å². The van der Waals surface area contributed by atoms with Crippen LogP contribution >= 0.6 is 0 Å². The number of hydrogen-bond acceptors (Lipinski definition) is 4. The second kappa shape index (κ2) is 8.85. The highest BCUT2D eigenvalue weighted by molar-refractivity contribution is 5.88. The fourth-order valence-electron chi connectivity index (χ4n) is 7.91. The summed E-state index contributed by atoms with van der Waals surface area (Å²) in [7, 11) is 0. The van der Waals surface area contributed by atoms with Crippen LogP contribution in [0.2, 0.25) is 0 Å². The van der Waals surface area contributed by atoms with Crippen LogP contribution in [0.5, 0.6) is 0 Å². The van der Waals surface area contributed by atoms with Crippen molar-refractivity contribution in [3.63, 3.8) is 0 Å². The van der Waals surface area contributed by atoms with Crippen molar-refractivity contribution in [1.29, 1.82) is 0 Å². The number of allylic oxidation sites excluding steroid dienone is 6. The Morgan fingerprint density at radius 3 is 2.73 bits per heavy atom. The fourth-order valence-corrected chi connectivity index (χ4v) is 7.91. The van der Waals surface area contributed by atoms with E-state index in [1.54, 1.807) is 0 Å². The van der Waals surface area contributed by atoms with Crippen LogP contribution in [-0.4, -0.2) is 29.4 Å². The molecule has 0 bridgehead atoms. The zero-order chi connectivity index (χ0) is 22.5. The summed E-state index contributed by atoms with van der Waals surface area (Å²) in [4.78, 5) is 5.22. The van der Waals surface area contributed by atoms with Gasteiger partial charge in [-0.25, -0.2) is 4.99 Å². The van der Waals surface area contributed by atoms with Gasteiger partial charge in [-0.05, 0) is 99.5 Å². The minimum absolute atomic E-state index is 0.0962. The first-order valence-electron chi connectivity index (χ1n) is 13.5. The van der Waals surface area contributed by atoms with E-state index in [2.05, 4.69) is 55.6 Å². The Morgan fingerprint density at radius 2 is 1.88 bits per heavy atom. The van der Waals surface area contributed by atoms with Gasteiger partial charge < -0.3 is 15.2 Å². The summed E-state index contributed by atoms with van der Waals surface area (Å²) in [5.74, 6) is 5.33. The van der Waals surface area contributed by atoms with E-state index < -0.39 is 0 Å². The van der Waals surface area contributed by atoms with E-state index in [0.29, 0.717) is 17.8 Å². The Labute approximate surface area is 199 Å². The Kier molecular flexibility index (Phi) is 5.86. The van der Waals surface area contributed by atoms with Crippen molar-refractivity contribution in [3.8, 4) is 0 Å². The molecule has 178 valence electrons. The minimum Gasteiger partial charge on any atom is -0.392 e. The molecule has 0 amide bonds. The predicted octanol–water partition coefficient (Wildman–Crippen LogP) is 5.53. The van der Waals surface area contributed by atoms with Crippen LogP contribution in [0.15, 0.2) is 52.7 Å². The molecule has 1 aliphatic heterocycles. The molecule has 9 atom stereocenters. The smallest absolute Gasteiger partial charge is 0.150 e. The number of aliphatic hydroxyl groups is 1. The van der Waals surface area contributed by atoms with Gasteiger partial charge in [-0.1, -0.05) is 43.2 Å². The van der Waals surface area contributed by atoms with Crippen molar-refractivity contribution in [3.05, 3.63) is 47.7 Å². The normalized spacial score (nSPS) is 43.9. The van der Waals surface area contributed by atoms with Gasteiger partial charge in [0.25, 0.3) is 0 Å². The molecule has 9 unspecified atom stereocenters. The first-order chi connectivity index (χ1) is 16.1. The van der Waals surface area contributed by atoms with Gasteiger partial charge in [0.05, 0.1) is 17.9 Å². The van der Waals surface area contributed by atoms with Crippen LogP contribution in [0.25, 0.3) is 0 Å². The predicted molar refractivity (Wildman–Crippen MR) is 132 cm³/mol. The lowest BCUT2D eigenvalue weighted by Gasteiger charge is -2.54. The van der Waals surface area contributed by atoms with E-state index in [1.807, 2.05) is 0 Å². The third-order valence-electron chi connectivity index (χ3n) is 9.26. The van der Waals surface area contributed by atoms with Gasteiger partial charge in [0.1, 0.15) is 5.84 Å². The Balaban J connectivity index is 1.34. The number of aliphatic hydroxyl groups excluding tert-OH is 1. The third kappa shape index (κ3) is 3.97. The molecule has 6 rings (SSSR count). The molecule has 0 radical (unpaired) electrons. The summed E-state index contributed by atoms with van der Waals surface area (Å²) < 4.78 is 6.24. The quantitative estimate of drug-likeness (QED) is 0.557. The lowest BCUT2D eigenvalue weighted by molar-refractivity contribution is 0.0223. The van der Waals surface area contributed by atoms with Gasteiger partial charge in [-0.3, -0.25) is 0 Å². The van der Waals surface area contributed by atoms with Crippen molar-refractivity contribution < 1.29 is 9.84 Å². The maximum Gasteiger partial charge on any atom is 0.150 e. The lowest BCUT2D eigenvalue weighted by Crippen LogP contribution is -2.48. The zero-order valence-electron chi connectivity index (χ0n) is 20.2. The Bertz CT molecular complexity index is 913. The summed E-state index contributed by atoms with van der Waals surface area (Å²) in [6.07, 6.45) is 23.5. The Morgan fingerprint density at radius 1 is 1.00 bits per heavy atom. The van der Waals surface area contributed by atoms with Crippen molar-refractivity contribution in [2.45, 2.75) is 83.6 Å². The average Bonchev–Trinajstić information content (AvgIpc) is 2.82. The maximum atomic E-state index is 10.8. The van der Waals surface area contributed by atoms with E-state index in [9.17, 15) is 5.11 Å². The van der Waals surface area contributed by atoms with Crippen LogP contribution in [0.3, 0.4) is 0 Å². The summed E-state index contributed by atoms with van der Waals surface area (Å²) in [5, 5.41) is 14.3. The largest absolute Gasteiger partial charge is 0.392 e. The lowest BCUT2D eigenvalue weighted by atomic mass is 9.51. The van der Waals surface area contributed by atoms with Crippen LogP contribution in [-0.2, 0) is 4.74 Å². The molecule has 4 nitrogen and oxygen atoms in total. The standard InChI is InChI=1S/C29H40N2O2/c1-17(2)33-26-16-24(30-29(31-26)23-8-3-4-9-25(23)32)21-14-12-20-11-10-18-6-5-7-19-13-15-22(21)28(20)27(18)19/h5-6,10-11,14,16-20,22-23,25-28,32H,3-4,7-9,12-13,15H2,1-2H3,(H,30,31). The number of rotatable bonds is 4. The van der Waals surface area contributed by atoms with Gasteiger partial charge in [0.15, 0.2) is 6.23 Å². The highest BCUT2D eigenvalue weighted by Crippen LogP contribution is 2.57. The topological polar surface area (TPSA) is 53.9 Å². The zero-order valence-corrected chi connectivity index (χ0v) is 20.2. The van der Waals surface area contributed by atoms with Gasteiger partial charge in [-0.2, -0.15) is 0 Å². The molecular formula is C29H40N2O2. The van der Waals surface area contributed by atoms with Gasteiger partial charge >= 0.3 is 0 Å². The summed E-state index contributed by atoms with van der Waals surface area (Å²) in [6, 6.07) is 0. The highest BCUT2D eigenvalue weighted by Gasteiger charge is 2.50. The molecule has 0 aromatic heterocycles.